The van der Waals surface area contributed by atoms with Gasteiger partial charge in [0.05, 0.1) is 18.0 Å². The topological polar surface area (TPSA) is 103 Å². The highest BCUT2D eigenvalue weighted by Crippen LogP contribution is 2.32. The summed E-state index contributed by atoms with van der Waals surface area (Å²) >= 11 is 0. The molecule has 0 saturated heterocycles. The predicted octanol–water partition coefficient (Wildman–Crippen LogP) is 5.81. The highest BCUT2D eigenvalue weighted by molar-refractivity contribution is 6.06. The van der Waals surface area contributed by atoms with E-state index >= 15 is 0 Å². The van der Waals surface area contributed by atoms with Crippen molar-refractivity contribution in [1.29, 1.82) is 0 Å². The van der Waals surface area contributed by atoms with Gasteiger partial charge in [-0.25, -0.2) is 9.78 Å². The lowest BCUT2D eigenvalue weighted by Gasteiger charge is -2.21. The van der Waals surface area contributed by atoms with Crippen LogP contribution in [0.25, 0.3) is 22.0 Å². The van der Waals surface area contributed by atoms with E-state index in [0.717, 1.165) is 22.0 Å². The minimum atomic E-state index is -0.342. The van der Waals surface area contributed by atoms with E-state index < -0.39 is 0 Å². The van der Waals surface area contributed by atoms with Gasteiger partial charge in [0.15, 0.2) is 0 Å². The zero-order valence-corrected chi connectivity index (χ0v) is 18.3. The van der Waals surface area contributed by atoms with Gasteiger partial charge in [-0.05, 0) is 65.8 Å². The lowest BCUT2D eigenvalue weighted by molar-refractivity contribution is 0.262. The number of benzene rings is 1. The van der Waals surface area contributed by atoms with Crippen molar-refractivity contribution in [2.75, 3.05) is 10.6 Å². The number of amides is 2. The van der Waals surface area contributed by atoms with E-state index in [9.17, 15) is 9.90 Å². The zero-order valence-electron chi connectivity index (χ0n) is 18.3. The van der Waals surface area contributed by atoms with E-state index in [-0.39, 0.29) is 12.6 Å². The lowest BCUT2D eigenvalue weighted by atomic mass is 9.85. The first-order valence-corrected chi connectivity index (χ1v) is 11.4. The monoisotopic (exact) mass is 441 g/mol. The van der Waals surface area contributed by atoms with Crippen LogP contribution in [-0.4, -0.2) is 26.1 Å². The number of aromatic nitrogens is 3. The predicted molar refractivity (Wildman–Crippen MR) is 130 cm³/mol. The van der Waals surface area contributed by atoms with Gasteiger partial charge in [0, 0.05) is 29.5 Å². The largest absolute Gasteiger partial charge is 0.390 e. The number of fused-ring (bicyclic) bond motifs is 1. The van der Waals surface area contributed by atoms with Crippen molar-refractivity contribution in [2.24, 2.45) is 0 Å². The summed E-state index contributed by atoms with van der Waals surface area (Å²) in [5, 5.41) is 16.0. The van der Waals surface area contributed by atoms with Gasteiger partial charge in [0.1, 0.15) is 5.82 Å². The van der Waals surface area contributed by atoms with Gasteiger partial charge in [-0.3, -0.25) is 10.3 Å². The Balaban J connectivity index is 1.30. The molecular weight excluding hydrogens is 414 g/mol. The molecule has 1 saturated carbocycles. The second-order valence-electron chi connectivity index (χ2n) is 8.55. The van der Waals surface area contributed by atoms with Crippen LogP contribution in [0.5, 0.6) is 0 Å². The third-order valence-corrected chi connectivity index (χ3v) is 6.35. The fourth-order valence-corrected chi connectivity index (χ4v) is 4.57. The van der Waals surface area contributed by atoms with Crippen molar-refractivity contribution in [1.82, 2.24) is 15.0 Å². The molecule has 168 valence electrons. The van der Waals surface area contributed by atoms with E-state index in [1.807, 2.05) is 42.6 Å². The lowest BCUT2D eigenvalue weighted by Crippen LogP contribution is -2.20. The number of aliphatic hydroxyl groups is 1. The maximum atomic E-state index is 12.6. The van der Waals surface area contributed by atoms with Crippen molar-refractivity contribution in [3.05, 3.63) is 72.3 Å². The number of carbonyl (C=O) groups is 1. The summed E-state index contributed by atoms with van der Waals surface area (Å²) < 4.78 is 0. The molecular formula is C26H27N5O2. The Morgan fingerprint density at radius 2 is 1.85 bits per heavy atom. The first-order valence-electron chi connectivity index (χ1n) is 11.4. The number of hydrogen-bond acceptors (Lipinski definition) is 4. The maximum Gasteiger partial charge on any atom is 0.324 e. The quantitative estimate of drug-likeness (QED) is 0.314. The van der Waals surface area contributed by atoms with Crippen LogP contribution in [0.2, 0.25) is 0 Å². The third kappa shape index (κ3) is 4.73. The Labute approximate surface area is 192 Å². The molecule has 1 fully saturated rings. The SMILES string of the molecule is O=C(Nc1ccc(C2CCCCC2)cn1)Nc1c[nH]c2ccc(-c3ccnc(CO)c3)cc12. The van der Waals surface area contributed by atoms with Gasteiger partial charge in [-0.1, -0.05) is 31.4 Å². The second-order valence-corrected chi connectivity index (χ2v) is 8.55. The van der Waals surface area contributed by atoms with Crippen molar-refractivity contribution < 1.29 is 9.90 Å². The van der Waals surface area contributed by atoms with Crippen LogP contribution >= 0.6 is 0 Å². The summed E-state index contributed by atoms with van der Waals surface area (Å²) in [4.78, 5) is 24.4. The van der Waals surface area contributed by atoms with E-state index in [1.54, 1.807) is 12.4 Å². The Kier molecular flexibility index (Phi) is 6.04. The molecule has 7 heteroatoms. The minimum Gasteiger partial charge on any atom is -0.390 e. The average Bonchev–Trinajstić information content (AvgIpc) is 3.27. The van der Waals surface area contributed by atoms with Crippen LogP contribution in [0.1, 0.15) is 49.3 Å². The minimum absolute atomic E-state index is 0.108. The number of anilines is 2. The normalized spacial score (nSPS) is 14.3. The number of aromatic amines is 1. The average molecular weight is 442 g/mol. The summed E-state index contributed by atoms with van der Waals surface area (Å²) in [6, 6.07) is 13.3. The van der Waals surface area contributed by atoms with Crippen molar-refractivity contribution in [3.8, 4) is 11.1 Å². The summed E-state index contributed by atoms with van der Waals surface area (Å²) in [6.07, 6.45) is 11.7. The van der Waals surface area contributed by atoms with Gasteiger partial charge < -0.3 is 15.4 Å². The second kappa shape index (κ2) is 9.42. The molecule has 0 atom stereocenters. The highest BCUT2D eigenvalue weighted by atomic mass is 16.3. The summed E-state index contributed by atoms with van der Waals surface area (Å²) in [5.74, 6) is 1.12. The number of nitrogens with one attached hydrogen (secondary N) is 3. The summed E-state index contributed by atoms with van der Waals surface area (Å²) in [7, 11) is 0. The molecule has 0 radical (unpaired) electrons. The Morgan fingerprint density at radius 1 is 1.00 bits per heavy atom. The van der Waals surface area contributed by atoms with Crippen molar-refractivity contribution in [3.63, 3.8) is 0 Å². The Morgan fingerprint density at radius 3 is 2.64 bits per heavy atom. The smallest absolute Gasteiger partial charge is 0.324 e. The van der Waals surface area contributed by atoms with Crippen molar-refractivity contribution >= 4 is 28.4 Å². The number of H-pyrrole nitrogens is 1. The van der Waals surface area contributed by atoms with Crippen molar-refractivity contribution in [2.45, 2.75) is 44.6 Å². The number of pyridine rings is 2. The summed E-state index contributed by atoms with van der Waals surface area (Å²) in [6.45, 7) is -0.108. The number of carbonyl (C=O) groups excluding carboxylic acids is 1. The van der Waals surface area contributed by atoms with E-state index in [2.05, 4.69) is 31.7 Å². The molecule has 1 aromatic carbocycles. The van der Waals surface area contributed by atoms with Crippen LogP contribution in [0, 0.1) is 0 Å². The van der Waals surface area contributed by atoms with Gasteiger partial charge in [-0.2, -0.15) is 0 Å². The molecule has 4 N–H and O–H groups in total. The first-order chi connectivity index (χ1) is 16.2. The Hall–Kier alpha value is -3.71. The number of hydrogen-bond donors (Lipinski definition) is 4. The van der Waals surface area contributed by atoms with E-state index in [4.69, 9.17) is 0 Å². The molecule has 0 bridgehead atoms. The van der Waals surface area contributed by atoms with E-state index in [1.165, 1.54) is 37.7 Å². The third-order valence-electron chi connectivity index (χ3n) is 6.35. The van der Waals surface area contributed by atoms with Crippen LogP contribution in [0.3, 0.4) is 0 Å². The van der Waals surface area contributed by atoms with Crippen LogP contribution in [-0.2, 0) is 6.61 Å². The fourth-order valence-electron chi connectivity index (χ4n) is 4.57. The molecule has 0 aliphatic heterocycles. The van der Waals surface area contributed by atoms with Gasteiger partial charge >= 0.3 is 6.03 Å². The molecule has 4 aromatic rings. The van der Waals surface area contributed by atoms with Gasteiger partial charge in [0.25, 0.3) is 0 Å². The molecule has 2 amide bonds. The molecule has 0 spiro atoms. The van der Waals surface area contributed by atoms with Crippen LogP contribution in [0.4, 0.5) is 16.3 Å². The highest BCUT2D eigenvalue weighted by Gasteiger charge is 2.16. The molecule has 1 aliphatic rings. The van der Waals surface area contributed by atoms with Gasteiger partial charge in [0.2, 0.25) is 0 Å². The number of rotatable bonds is 5. The van der Waals surface area contributed by atoms with E-state index in [0.29, 0.717) is 23.1 Å². The van der Waals surface area contributed by atoms with Crippen LogP contribution in [0.15, 0.2) is 61.1 Å². The molecule has 1 aliphatic carbocycles. The molecule has 3 heterocycles. The zero-order chi connectivity index (χ0) is 22.6. The van der Waals surface area contributed by atoms with Crippen LogP contribution < -0.4 is 10.6 Å². The number of nitrogens with zero attached hydrogens (tertiary/aromatic N) is 2. The molecule has 5 rings (SSSR count). The molecule has 3 aromatic heterocycles. The Bertz CT molecular complexity index is 1260. The number of aliphatic hydroxyl groups excluding tert-OH is 1. The summed E-state index contributed by atoms with van der Waals surface area (Å²) in [5.41, 5.74) is 5.39. The standard InChI is InChI=1S/C26H27N5O2/c32-16-21-12-19(10-11-27-21)18-6-8-23-22(13-18)24(15-28-23)30-26(33)31-25-9-7-20(14-29-25)17-4-2-1-3-5-17/h6-15,17,28,32H,1-5,16H2,(H2,29,30,31,33). The van der Waals surface area contributed by atoms with Gasteiger partial charge in [-0.15, -0.1) is 0 Å². The first kappa shape index (κ1) is 21.2. The molecule has 0 unspecified atom stereocenters. The number of urea groups is 1. The fraction of sp³-hybridized carbons (Fsp3) is 0.269. The maximum absolute atomic E-state index is 12.6. The molecule has 7 nitrogen and oxygen atoms in total. The molecule has 33 heavy (non-hydrogen) atoms.